The molecule has 2 heterocycles. The maximum absolute atomic E-state index is 6.33. The topological polar surface area (TPSA) is 87.0 Å². The van der Waals surface area contributed by atoms with Crippen molar-refractivity contribution in [1.82, 2.24) is 9.97 Å². The van der Waals surface area contributed by atoms with Crippen LogP contribution in [0.2, 0.25) is 0 Å². The van der Waals surface area contributed by atoms with Gasteiger partial charge in [0, 0.05) is 27.6 Å². The van der Waals surface area contributed by atoms with Gasteiger partial charge in [0.2, 0.25) is 5.88 Å². The number of nitrogens with zero attached hydrogens (tertiary/aromatic N) is 2. The first-order valence-corrected chi connectivity index (χ1v) is 9.97. The number of pyridine rings is 2. The first kappa shape index (κ1) is 18.1. The van der Waals surface area contributed by atoms with Gasteiger partial charge < -0.3 is 16.2 Å². The van der Waals surface area contributed by atoms with Gasteiger partial charge in [0.25, 0.3) is 0 Å². The minimum absolute atomic E-state index is 0.426. The summed E-state index contributed by atoms with van der Waals surface area (Å²) < 4.78 is 5.16. The van der Waals surface area contributed by atoms with Crippen LogP contribution in [-0.2, 0) is 0 Å². The van der Waals surface area contributed by atoms with Crippen LogP contribution in [0.5, 0.6) is 5.88 Å². The second-order valence-electron chi connectivity index (χ2n) is 6.33. The summed E-state index contributed by atoms with van der Waals surface area (Å²) in [6.45, 7) is 0. The third kappa shape index (κ3) is 3.12. The third-order valence-corrected chi connectivity index (χ3v) is 5.47. The van der Waals surface area contributed by atoms with Gasteiger partial charge in [-0.05, 0) is 35.6 Å². The van der Waals surface area contributed by atoms with Gasteiger partial charge in [-0.3, -0.25) is 0 Å². The van der Waals surface area contributed by atoms with Gasteiger partial charge in [0.15, 0.2) is 0 Å². The fourth-order valence-electron chi connectivity index (χ4n) is 3.33. The standard InChI is InChI=1S/C22H20N4OS/c1-27-22-17(23)11-15(12-25-22)14-8-9-18-16(10-14)20(28-2)19(21(24)26-18)13-6-4-3-5-7-13/h3-12H,23H2,1-2H3,(H2,24,26). The summed E-state index contributed by atoms with van der Waals surface area (Å²) >= 11 is 1.67. The van der Waals surface area contributed by atoms with E-state index in [9.17, 15) is 0 Å². The number of aromatic nitrogens is 2. The molecule has 2 aromatic carbocycles. The normalized spacial score (nSPS) is 10.9. The molecule has 0 atom stereocenters. The molecule has 4 rings (SSSR count). The molecule has 0 aliphatic heterocycles. The molecule has 0 saturated carbocycles. The Labute approximate surface area is 167 Å². The van der Waals surface area contributed by atoms with Gasteiger partial charge in [0.1, 0.15) is 5.82 Å². The number of methoxy groups -OCH3 is 1. The molecule has 6 heteroatoms. The summed E-state index contributed by atoms with van der Waals surface area (Å²) in [5.41, 5.74) is 17.7. The number of hydrogen-bond donors (Lipinski definition) is 2. The van der Waals surface area contributed by atoms with Crippen LogP contribution in [0.15, 0.2) is 65.7 Å². The van der Waals surface area contributed by atoms with E-state index in [-0.39, 0.29) is 0 Å². The molecule has 0 spiro atoms. The number of nitrogens with two attached hydrogens (primary N) is 2. The molecule has 0 bridgehead atoms. The lowest BCUT2D eigenvalue weighted by Gasteiger charge is -2.15. The lowest BCUT2D eigenvalue weighted by atomic mass is 10.0. The van der Waals surface area contributed by atoms with Crippen LogP contribution >= 0.6 is 11.8 Å². The van der Waals surface area contributed by atoms with Gasteiger partial charge in [-0.15, -0.1) is 11.8 Å². The number of ether oxygens (including phenoxy) is 1. The molecule has 0 fully saturated rings. The van der Waals surface area contributed by atoms with Crippen LogP contribution in [-0.4, -0.2) is 23.3 Å². The van der Waals surface area contributed by atoms with Crippen LogP contribution in [0.4, 0.5) is 11.5 Å². The lowest BCUT2D eigenvalue weighted by Crippen LogP contribution is -1.98. The Morgan fingerprint density at radius 3 is 2.39 bits per heavy atom. The average molecular weight is 388 g/mol. The molecular weight excluding hydrogens is 368 g/mol. The predicted octanol–water partition coefficient (Wildman–Crippen LogP) is 4.86. The summed E-state index contributed by atoms with van der Waals surface area (Å²) in [5, 5.41) is 1.05. The predicted molar refractivity (Wildman–Crippen MR) is 118 cm³/mol. The quantitative estimate of drug-likeness (QED) is 0.486. The Kier molecular flexibility index (Phi) is 4.79. The molecule has 2 aromatic heterocycles. The summed E-state index contributed by atoms with van der Waals surface area (Å²) in [7, 11) is 1.56. The third-order valence-electron chi connectivity index (χ3n) is 4.64. The number of thioether (sulfide) groups is 1. The summed E-state index contributed by atoms with van der Waals surface area (Å²) in [6.07, 6.45) is 3.82. The van der Waals surface area contributed by atoms with E-state index in [1.807, 2.05) is 36.4 Å². The van der Waals surface area contributed by atoms with Crippen LogP contribution in [0.3, 0.4) is 0 Å². The smallest absolute Gasteiger partial charge is 0.236 e. The SMILES string of the molecule is COc1ncc(-c2ccc3nc(N)c(-c4ccccc4)c(SC)c3c2)cc1N. The average Bonchev–Trinajstić information content (AvgIpc) is 2.73. The Balaban J connectivity index is 1.94. The molecule has 0 aliphatic carbocycles. The molecule has 5 nitrogen and oxygen atoms in total. The molecule has 0 radical (unpaired) electrons. The van der Waals surface area contributed by atoms with Crippen molar-refractivity contribution in [1.29, 1.82) is 0 Å². The first-order chi connectivity index (χ1) is 13.6. The van der Waals surface area contributed by atoms with Gasteiger partial charge in [-0.2, -0.15) is 0 Å². The monoisotopic (exact) mass is 388 g/mol. The van der Waals surface area contributed by atoms with Gasteiger partial charge in [-0.1, -0.05) is 36.4 Å². The minimum atomic E-state index is 0.426. The zero-order valence-electron chi connectivity index (χ0n) is 15.6. The van der Waals surface area contributed by atoms with E-state index in [2.05, 4.69) is 34.4 Å². The van der Waals surface area contributed by atoms with Crippen molar-refractivity contribution in [2.45, 2.75) is 4.90 Å². The molecule has 28 heavy (non-hydrogen) atoms. The van der Waals surface area contributed by atoms with E-state index in [0.29, 0.717) is 17.4 Å². The highest BCUT2D eigenvalue weighted by atomic mass is 32.2. The molecule has 0 unspecified atom stereocenters. The highest BCUT2D eigenvalue weighted by Crippen LogP contribution is 2.40. The zero-order valence-corrected chi connectivity index (χ0v) is 16.5. The largest absolute Gasteiger partial charge is 0.480 e. The number of nitrogen functional groups attached to an aromatic ring is 2. The van der Waals surface area contributed by atoms with Crippen molar-refractivity contribution in [3.63, 3.8) is 0 Å². The molecule has 140 valence electrons. The number of hydrogen-bond acceptors (Lipinski definition) is 6. The summed E-state index contributed by atoms with van der Waals surface area (Å²) in [6, 6.07) is 18.1. The minimum Gasteiger partial charge on any atom is -0.480 e. The van der Waals surface area contributed by atoms with Gasteiger partial charge >= 0.3 is 0 Å². The molecule has 0 amide bonds. The summed E-state index contributed by atoms with van der Waals surface area (Å²) in [5.74, 6) is 0.960. The molecule has 4 N–H and O–H groups in total. The van der Waals surface area contributed by atoms with Crippen molar-refractivity contribution in [2.75, 3.05) is 24.8 Å². The van der Waals surface area contributed by atoms with E-state index in [1.165, 1.54) is 0 Å². The van der Waals surface area contributed by atoms with Crippen LogP contribution in [0.1, 0.15) is 0 Å². The lowest BCUT2D eigenvalue weighted by molar-refractivity contribution is 0.400. The number of rotatable bonds is 4. The fourth-order valence-corrected chi connectivity index (χ4v) is 4.14. The van der Waals surface area contributed by atoms with Crippen molar-refractivity contribution >= 4 is 34.2 Å². The van der Waals surface area contributed by atoms with E-state index >= 15 is 0 Å². The van der Waals surface area contributed by atoms with E-state index in [0.717, 1.165) is 38.1 Å². The van der Waals surface area contributed by atoms with Crippen LogP contribution in [0, 0.1) is 0 Å². The fraction of sp³-hybridized carbons (Fsp3) is 0.0909. The molecular formula is C22H20N4OS. The first-order valence-electron chi connectivity index (χ1n) is 8.75. The Morgan fingerprint density at radius 2 is 1.71 bits per heavy atom. The Bertz CT molecular complexity index is 1160. The maximum Gasteiger partial charge on any atom is 0.236 e. The maximum atomic E-state index is 6.33. The molecule has 4 aromatic rings. The summed E-state index contributed by atoms with van der Waals surface area (Å²) in [4.78, 5) is 10.0. The number of fused-ring (bicyclic) bond motifs is 1. The Morgan fingerprint density at radius 1 is 0.929 bits per heavy atom. The highest BCUT2D eigenvalue weighted by molar-refractivity contribution is 7.99. The van der Waals surface area contributed by atoms with E-state index < -0.39 is 0 Å². The van der Waals surface area contributed by atoms with Gasteiger partial charge in [-0.25, -0.2) is 9.97 Å². The Hall–Kier alpha value is -3.25. The highest BCUT2D eigenvalue weighted by Gasteiger charge is 2.15. The van der Waals surface area contributed by atoms with Crippen LogP contribution < -0.4 is 16.2 Å². The van der Waals surface area contributed by atoms with Crippen molar-refractivity contribution < 1.29 is 4.74 Å². The zero-order chi connectivity index (χ0) is 19.7. The number of anilines is 2. The van der Waals surface area contributed by atoms with Crippen LogP contribution in [0.25, 0.3) is 33.2 Å². The van der Waals surface area contributed by atoms with Gasteiger partial charge in [0.05, 0.1) is 18.3 Å². The van der Waals surface area contributed by atoms with E-state index in [4.69, 9.17) is 16.2 Å². The molecule has 0 aliphatic rings. The number of benzene rings is 2. The molecule has 0 saturated heterocycles. The van der Waals surface area contributed by atoms with E-state index in [1.54, 1.807) is 25.1 Å². The van der Waals surface area contributed by atoms with Crippen molar-refractivity contribution in [3.8, 4) is 28.1 Å². The second-order valence-corrected chi connectivity index (χ2v) is 7.14. The second kappa shape index (κ2) is 7.40. The van der Waals surface area contributed by atoms with Crippen molar-refractivity contribution in [2.24, 2.45) is 0 Å². The van der Waals surface area contributed by atoms with Crippen molar-refractivity contribution in [3.05, 3.63) is 60.8 Å².